The maximum Gasteiger partial charge on any atom is 0.348 e. The zero-order valence-corrected chi connectivity index (χ0v) is 14.4. The first kappa shape index (κ1) is 15.2. The monoisotopic (exact) mass is 318 g/mol. The van der Waals surface area contributed by atoms with E-state index in [-0.39, 0.29) is 29.2 Å². The molecule has 23 heavy (non-hydrogen) atoms. The van der Waals surface area contributed by atoms with Crippen molar-refractivity contribution in [2.75, 3.05) is 0 Å². The molecule has 3 aliphatic carbocycles. The van der Waals surface area contributed by atoms with Gasteiger partial charge in [0.15, 0.2) is 0 Å². The van der Waals surface area contributed by atoms with Crippen LogP contribution in [0.25, 0.3) is 0 Å². The van der Waals surface area contributed by atoms with E-state index in [0.29, 0.717) is 5.92 Å². The molecule has 2 saturated carbocycles. The lowest BCUT2D eigenvalue weighted by Gasteiger charge is -2.47. The van der Waals surface area contributed by atoms with Gasteiger partial charge in [-0.15, -0.1) is 0 Å². The minimum Gasteiger partial charge on any atom is -0.456 e. The number of ether oxygens (including phenoxy) is 2. The Morgan fingerprint density at radius 1 is 1.26 bits per heavy atom. The van der Waals surface area contributed by atoms with Crippen molar-refractivity contribution in [3.63, 3.8) is 0 Å². The number of rotatable bonds is 2. The Kier molecular flexibility index (Phi) is 2.91. The van der Waals surface area contributed by atoms with Crippen LogP contribution in [0.3, 0.4) is 0 Å². The molecule has 1 aliphatic heterocycles. The van der Waals surface area contributed by atoms with Gasteiger partial charge in [0.05, 0.1) is 5.41 Å². The predicted octanol–water partition coefficient (Wildman–Crippen LogP) is 3.25. The fourth-order valence-electron chi connectivity index (χ4n) is 5.37. The molecule has 0 N–H and O–H groups in total. The molecule has 0 spiro atoms. The van der Waals surface area contributed by atoms with Gasteiger partial charge in [0.1, 0.15) is 5.60 Å². The molecule has 1 saturated heterocycles. The SMILES string of the molecule is CC1(C(=O)OC2C(=O)OC3(C)CCC2C3(C)C)CC2C=CC1C2. The van der Waals surface area contributed by atoms with Crippen LogP contribution in [0.2, 0.25) is 0 Å². The van der Waals surface area contributed by atoms with Crippen LogP contribution in [-0.4, -0.2) is 23.6 Å². The Balaban J connectivity index is 1.56. The lowest BCUT2D eigenvalue weighted by Crippen LogP contribution is -2.56. The molecule has 4 bridgehead atoms. The molecule has 4 rings (SSSR count). The molecule has 0 amide bonds. The molecular formula is C19H26O4. The molecule has 4 nitrogen and oxygen atoms in total. The van der Waals surface area contributed by atoms with Crippen molar-refractivity contribution in [2.45, 2.75) is 65.1 Å². The van der Waals surface area contributed by atoms with Gasteiger partial charge < -0.3 is 9.47 Å². The highest BCUT2D eigenvalue weighted by atomic mass is 16.6. The van der Waals surface area contributed by atoms with Crippen LogP contribution in [0, 0.1) is 28.6 Å². The zero-order valence-electron chi connectivity index (χ0n) is 14.4. The number of hydrogen-bond acceptors (Lipinski definition) is 4. The molecule has 4 aliphatic rings. The van der Waals surface area contributed by atoms with Crippen LogP contribution in [0.5, 0.6) is 0 Å². The fraction of sp³-hybridized carbons (Fsp3) is 0.789. The average Bonchev–Trinajstić information content (AvgIpc) is 3.07. The Hall–Kier alpha value is -1.32. The van der Waals surface area contributed by atoms with Crippen LogP contribution in [0.4, 0.5) is 0 Å². The molecule has 6 atom stereocenters. The molecule has 6 unspecified atom stereocenters. The quantitative estimate of drug-likeness (QED) is 0.579. The minimum absolute atomic E-state index is 0.0513. The molecule has 3 fully saturated rings. The van der Waals surface area contributed by atoms with Gasteiger partial charge in [-0.1, -0.05) is 26.0 Å². The van der Waals surface area contributed by atoms with Gasteiger partial charge in [0.25, 0.3) is 0 Å². The summed E-state index contributed by atoms with van der Waals surface area (Å²) < 4.78 is 11.5. The van der Waals surface area contributed by atoms with E-state index in [2.05, 4.69) is 26.0 Å². The number of carbonyl (C=O) groups excluding carboxylic acids is 2. The summed E-state index contributed by atoms with van der Waals surface area (Å²) in [6.45, 7) is 8.24. The molecular weight excluding hydrogens is 292 g/mol. The van der Waals surface area contributed by atoms with Gasteiger partial charge in [-0.2, -0.15) is 0 Å². The van der Waals surface area contributed by atoms with E-state index < -0.39 is 17.1 Å². The molecule has 1 heterocycles. The summed E-state index contributed by atoms with van der Waals surface area (Å²) in [6, 6.07) is 0. The van der Waals surface area contributed by atoms with E-state index in [9.17, 15) is 9.59 Å². The Bertz CT molecular complexity index is 606. The van der Waals surface area contributed by atoms with Crippen LogP contribution >= 0.6 is 0 Å². The Labute approximate surface area is 137 Å². The summed E-state index contributed by atoms with van der Waals surface area (Å²) in [7, 11) is 0. The zero-order chi connectivity index (χ0) is 16.6. The van der Waals surface area contributed by atoms with Gasteiger partial charge in [-0.25, -0.2) is 4.79 Å². The lowest BCUT2D eigenvalue weighted by atomic mass is 9.69. The lowest BCUT2D eigenvalue weighted by molar-refractivity contribution is -0.213. The summed E-state index contributed by atoms with van der Waals surface area (Å²) in [5.41, 5.74) is -1.08. The minimum atomic E-state index is -0.743. The first-order chi connectivity index (χ1) is 10.7. The van der Waals surface area contributed by atoms with Gasteiger partial charge in [-0.3, -0.25) is 4.79 Å². The highest BCUT2D eigenvalue weighted by Crippen LogP contribution is 2.58. The standard InChI is InChI=1S/C19H26O4/c1-17(2)13-7-8-19(17,4)23-15(20)14(13)22-16(21)18(3)10-11-5-6-12(18)9-11/h5-6,11-14H,7-10H2,1-4H3. The molecule has 0 radical (unpaired) electrons. The highest BCUT2D eigenvalue weighted by molar-refractivity contribution is 5.84. The molecule has 0 aromatic carbocycles. The third-order valence-electron chi connectivity index (χ3n) is 7.52. The second kappa shape index (κ2) is 4.40. The molecule has 126 valence electrons. The van der Waals surface area contributed by atoms with Crippen LogP contribution in [0.15, 0.2) is 12.2 Å². The van der Waals surface area contributed by atoms with E-state index >= 15 is 0 Å². The van der Waals surface area contributed by atoms with E-state index in [0.717, 1.165) is 25.7 Å². The second-order valence-electron chi connectivity index (χ2n) is 8.95. The third-order valence-corrected chi connectivity index (χ3v) is 7.52. The van der Waals surface area contributed by atoms with E-state index in [1.165, 1.54) is 0 Å². The Morgan fingerprint density at radius 3 is 2.61 bits per heavy atom. The largest absolute Gasteiger partial charge is 0.456 e. The second-order valence-corrected chi connectivity index (χ2v) is 8.95. The molecule has 0 aromatic rings. The van der Waals surface area contributed by atoms with Crippen molar-refractivity contribution in [3.05, 3.63) is 12.2 Å². The van der Waals surface area contributed by atoms with Gasteiger partial charge in [0.2, 0.25) is 6.10 Å². The maximum absolute atomic E-state index is 12.9. The highest BCUT2D eigenvalue weighted by Gasteiger charge is 2.64. The fourth-order valence-corrected chi connectivity index (χ4v) is 5.37. The smallest absolute Gasteiger partial charge is 0.348 e. The third kappa shape index (κ3) is 1.84. The first-order valence-electron chi connectivity index (χ1n) is 8.80. The maximum atomic E-state index is 12.9. The average molecular weight is 318 g/mol. The molecule has 4 heteroatoms. The van der Waals surface area contributed by atoms with Crippen molar-refractivity contribution in [1.29, 1.82) is 0 Å². The van der Waals surface area contributed by atoms with Crippen LogP contribution < -0.4 is 0 Å². The van der Waals surface area contributed by atoms with Crippen molar-refractivity contribution >= 4 is 11.9 Å². The summed E-state index contributed by atoms with van der Waals surface area (Å²) in [5.74, 6) is 0.214. The van der Waals surface area contributed by atoms with E-state index in [1.807, 2.05) is 13.8 Å². The topological polar surface area (TPSA) is 52.6 Å². The summed E-state index contributed by atoms with van der Waals surface area (Å²) in [5, 5.41) is 0. The summed E-state index contributed by atoms with van der Waals surface area (Å²) in [6.07, 6.45) is 7.19. The van der Waals surface area contributed by atoms with E-state index in [1.54, 1.807) is 0 Å². The van der Waals surface area contributed by atoms with Crippen molar-refractivity contribution in [3.8, 4) is 0 Å². The number of hydrogen-bond donors (Lipinski definition) is 0. The van der Waals surface area contributed by atoms with Gasteiger partial charge in [-0.05, 0) is 51.4 Å². The Morgan fingerprint density at radius 2 is 2.00 bits per heavy atom. The predicted molar refractivity (Wildman–Crippen MR) is 84.3 cm³/mol. The van der Waals surface area contributed by atoms with Crippen LogP contribution in [0.1, 0.15) is 53.4 Å². The summed E-state index contributed by atoms with van der Waals surface area (Å²) in [4.78, 5) is 25.3. The van der Waals surface area contributed by atoms with Gasteiger partial charge in [0, 0.05) is 11.3 Å². The van der Waals surface area contributed by atoms with Crippen molar-refractivity contribution in [2.24, 2.45) is 28.6 Å². The van der Waals surface area contributed by atoms with Crippen LogP contribution in [-0.2, 0) is 19.1 Å². The van der Waals surface area contributed by atoms with Crippen molar-refractivity contribution in [1.82, 2.24) is 0 Å². The number of allylic oxidation sites excluding steroid dienone is 2. The van der Waals surface area contributed by atoms with Gasteiger partial charge >= 0.3 is 11.9 Å². The normalized spacial score (nSPS) is 49.3. The molecule has 0 aromatic heterocycles. The first-order valence-corrected chi connectivity index (χ1v) is 8.80. The van der Waals surface area contributed by atoms with Crippen molar-refractivity contribution < 1.29 is 19.1 Å². The number of esters is 2. The summed E-state index contributed by atoms with van der Waals surface area (Å²) >= 11 is 0. The number of carbonyl (C=O) groups is 2. The van der Waals surface area contributed by atoms with E-state index in [4.69, 9.17) is 9.47 Å². The number of fused-ring (bicyclic) bond motifs is 4.